The smallest absolute Gasteiger partial charge is 0.497 e. The summed E-state index contributed by atoms with van der Waals surface area (Å²) < 4.78 is 45.6. The van der Waals surface area contributed by atoms with Gasteiger partial charge in [-0.05, 0) is 62.1 Å². The lowest BCUT2D eigenvalue weighted by atomic mass is 10.0. The van der Waals surface area contributed by atoms with E-state index in [1.807, 2.05) is 24.3 Å². The molecule has 2 atom stereocenters. The quantitative estimate of drug-likeness (QED) is 0.690. The Kier molecular flexibility index (Phi) is 6.91. The van der Waals surface area contributed by atoms with Crippen molar-refractivity contribution in [2.24, 2.45) is 0 Å². The van der Waals surface area contributed by atoms with Gasteiger partial charge in [-0.3, -0.25) is 0 Å². The van der Waals surface area contributed by atoms with Gasteiger partial charge in [0.1, 0.15) is 11.5 Å². The van der Waals surface area contributed by atoms with Crippen molar-refractivity contribution >= 4 is 0 Å². The fourth-order valence-corrected chi connectivity index (χ4v) is 2.76. The van der Waals surface area contributed by atoms with E-state index in [1.165, 1.54) is 12.1 Å². The van der Waals surface area contributed by atoms with Gasteiger partial charge < -0.3 is 14.8 Å². The molecule has 0 bridgehead atoms. The Balaban J connectivity index is 1.83. The first-order chi connectivity index (χ1) is 12.3. The number of methoxy groups -OCH3 is 1. The summed E-state index contributed by atoms with van der Waals surface area (Å²) in [5.41, 5.74) is 2.12. The molecule has 0 radical (unpaired) electrons. The zero-order valence-electron chi connectivity index (χ0n) is 15.1. The number of ether oxygens (including phenoxy) is 2. The monoisotopic (exact) mass is 367 g/mol. The van der Waals surface area contributed by atoms with Crippen molar-refractivity contribution in [1.29, 1.82) is 0 Å². The summed E-state index contributed by atoms with van der Waals surface area (Å²) in [6, 6.07) is 14.4. The predicted molar refractivity (Wildman–Crippen MR) is 95.5 cm³/mol. The number of aryl methyl sites for hydroxylation is 1. The molecule has 6 heteroatoms. The summed E-state index contributed by atoms with van der Waals surface area (Å²) >= 11 is 0. The third-order valence-electron chi connectivity index (χ3n) is 4.15. The highest BCUT2D eigenvalue weighted by Gasteiger charge is 2.30. The highest BCUT2D eigenvalue weighted by Crippen LogP contribution is 2.23. The van der Waals surface area contributed by atoms with Gasteiger partial charge in [0.2, 0.25) is 0 Å². The van der Waals surface area contributed by atoms with E-state index in [0.717, 1.165) is 29.7 Å². The van der Waals surface area contributed by atoms with E-state index in [9.17, 15) is 13.2 Å². The van der Waals surface area contributed by atoms with E-state index in [2.05, 4.69) is 23.9 Å². The number of nitrogens with one attached hydrogen (secondary N) is 1. The van der Waals surface area contributed by atoms with Gasteiger partial charge in [0.25, 0.3) is 0 Å². The molecule has 0 aliphatic carbocycles. The van der Waals surface area contributed by atoms with Crippen LogP contribution in [0.3, 0.4) is 0 Å². The van der Waals surface area contributed by atoms with Crippen LogP contribution >= 0.6 is 0 Å². The normalized spacial score (nSPS) is 13.9. The van der Waals surface area contributed by atoms with E-state index in [1.54, 1.807) is 19.2 Å². The second kappa shape index (κ2) is 8.94. The topological polar surface area (TPSA) is 30.5 Å². The third kappa shape index (κ3) is 6.59. The molecule has 0 saturated heterocycles. The van der Waals surface area contributed by atoms with Crippen molar-refractivity contribution in [3.05, 3.63) is 59.7 Å². The number of rotatable bonds is 8. The maximum absolute atomic E-state index is 12.2. The van der Waals surface area contributed by atoms with Crippen LogP contribution < -0.4 is 14.8 Å². The molecule has 0 aliphatic rings. The van der Waals surface area contributed by atoms with Gasteiger partial charge in [-0.2, -0.15) is 0 Å². The molecular formula is C20H24F3NO2. The molecule has 1 unspecified atom stereocenters. The maximum atomic E-state index is 12.2. The van der Waals surface area contributed by atoms with Crippen LogP contribution in [-0.2, 0) is 6.42 Å². The molecule has 0 amide bonds. The lowest BCUT2D eigenvalue weighted by Gasteiger charge is -2.21. The highest BCUT2D eigenvalue weighted by atomic mass is 19.4. The van der Waals surface area contributed by atoms with Crippen LogP contribution in [0, 0.1) is 0 Å². The van der Waals surface area contributed by atoms with Crippen LogP contribution in [0.25, 0.3) is 0 Å². The first-order valence-electron chi connectivity index (χ1n) is 8.51. The first kappa shape index (κ1) is 20.1. The summed E-state index contributed by atoms with van der Waals surface area (Å²) in [5, 5.41) is 3.53. The zero-order valence-corrected chi connectivity index (χ0v) is 15.1. The first-order valence-corrected chi connectivity index (χ1v) is 8.51. The van der Waals surface area contributed by atoms with Gasteiger partial charge in [0, 0.05) is 12.1 Å². The molecule has 0 spiro atoms. The SMILES string of the molecule is COc1cccc(C(C)N[C@@H](C)CCc2ccc(OC(F)(F)F)cc2)c1. The number of benzene rings is 2. The van der Waals surface area contributed by atoms with Crippen molar-refractivity contribution in [2.45, 2.75) is 45.1 Å². The molecule has 0 aromatic heterocycles. The molecule has 0 heterocycles. The van der Waals surface area contributed by atoms with Crippen LogP contribution in [0.1, 0.15) is 37.4 Å². The second-order valence-corrected chi connectivity index (χ2v) is 6.30. The summed E-state index contributed by atoms with van der Waals surface area (Å²) in [7, 11) is 1.64. The molecule has 3 nitrogen and oxygen atoms in total. The third-order valence-corrected chi connectivity index (χ3v) is 4.15. The van der Waals surface area contributed by atoms with E-state index < -0.39 is 6.36 Å². The van der Waals surface area contributed by atoms with Crippen molar-refractivity contribution in [3.63, 3.8) is 0 Å². The fraction of sp³-hybridized carbons (Fsp3) is 0.400. The Labute approximate surface area is 152 Å². The Morgan fingerprint density at radius 3 is 2.31 bits per heavy atom. The predicted octanol–water partition coefficient (Wildman–Crippen LogP) is 5.27. The molecule has 2 aromatic carbocycles. The van der Waals surface area contributed by atoms with E-state index >= 15 is 0 Å². The lowest BCUT2D eigenvalue weighted by Crippen LogP contribution is -2.29. The van der Waals surface area contributed by atoms with Gasteiger partial charge in [0.15, 0.2) is 0 Å². The van der Waals surface area contributed by atoms with Crippen molar-refractivity contribution < 1.29 is 22.6 Å². The van der Waals surface area contributed by atoms with Gasteiger partial charge >= 0.3 is 6.36 Å². The summed E-state index contributed by atoms with van der Waals surface area (Å²) in [6.45, 7) is 4.19. The van der Waals surface area contributed by atoms with Crippen LogP contribution in [0.15, 0.2) is 48.5 Å². The van der Waals surface area contributed by atoms with Crippen molar-refractivity contribution in [2.75, 3.05) is 7.11 Å². The Morgan fingerprint density at radius 2 is 1.69 bits per heavy atom. The second-order valence-electron chi connectivity index (χ2n) is 6.30. The van der Waals surface area contributed by atoms with Crippen molar-refractivity contribution in [3.8, 4) is 11.5 Å². The number of alkyl halides is 3. The Bertz CT molecular complexity index is 686. The largest absolute Gasteiger partial charge is 0.573 e. The average Bonchev–Trinajstić information content (AvgIpc) is 2.60. The minimum atomic E-state index is -4.66. The molecular weight excluding hydrogens is 343 g/mol. The van der Waals surface area contributed by atoms with Crippen LogP contribution in [0.2, 0.25) is 0 Å². The molecule has 2 rings (SSSR count). The average molecular weight is 367 g/mol. The molecule has 0 fully saturated rings. The zero-order chi connectivity index (χ0) is 19.2. The maximum Gasteiger partial charge on any atom is 0.573 e. The molecule has 26 heavy (non-hydrogen) atoms. The highest BCUT2D eigenvalue weighted by molar-refractivity contribution is 5.30. The number of halogens is 3. The molecule has 142 valence electrons. The summed E-state index contributed by atoms with van der Waals surface area (Å²) in [4.78, 5) is 0. The van der Waals surface area contributed by atoms with Crippen molar-refractivity contribution in [1.82, 2.24) is 5.32 Å². The van der Waals surface area contributed by atoms with E-state index in [4.69, 9.17) is 4.74 Å². The van der Waals surface area contributed by atoms with Gasteiger partial charge in [0.05, 0.1) is 7.11 Å². The molecule has 1 N–H and O–H groups in total. The number of hydrogen-bond acceptors (Lipinski definition) is 3. The minimum absolute atomic E-state index is 0.169. The van der Waals surface area contributed by atoms with E-state index in [0.29, 0.717) is 0 Å². The lowest BCUT2D eigenvalue weighted by molar-refractivity contribution is -0.274. The molecule has 0 saturated carbocycles. The van der Waals surface area contributed by atoms with Gasteiger partial charge in [-0.25, -0.2) is 0 Å². The van der Waals surface area contributed by atoms with Crippen LogP contribution in [0.4, 0.5) is 13.2 Å². The standard InChI is InChI=1S/C20H24F3NO2/c1-14(24-15(2)17-5-4-6-19(13-17)25-3)7-8-16-9-11-18(12-10-16)26-20(21,22)23/h4-6,9-15,24H,7-8H2,1-3H3/t14-,15?/m0/s1. The number of hydrogen-bond donors (Lipinski definition) is 1. The van der Waals surface area contributed by atoms with Crippen LogP contribution in [-0.4, -0.2) is 19.5 Å². The molecule has 0 aliphatic heterocycles. The summed E-state index contributed by atoms with van der Waals surface area (Å²) in [6.07, 6.45) is -3.02. The molecule has 2 aromatic rings. The Morgan fingerprint density at radius 1 is 1.00 bits per heavy atom. The van der Waals surface area contributed by atoms with Crippen LogP contribution in [0.5, 0.6) is 11.5 Å². The fourth-order valence-electron chi connectivity index (χ4n) is 2.76. The Hall–Kier alpha value is -2.21. The summed E-state index contributed by atoms with van der Waals surface area (Å²) in [5.74, 6) is 0.629. The van der Waals surface area contributed by atoms with E-state index in [-0.39, 0.29) is 17.8 Å². The van der Waals surface area contributed by atoms with Gasteiger partial charge in [-0.15, -0.1) is 13.2 Å². The minimum Gasteiger partial charge on any atom is -0.497 e. The van der Waals surface area contributed by atoms with Gasteiger partial charge in [-0.1, -0.05) is 24.3 Å².